The van der Waals surface area contributed by atoms with E-state index in [0.29, 0.717) is 0 Å². The number of methoxy groups -OCH3 is 1. The summed E-state index contributed by atoms with van der Waals surface area (Å²) in [6.45, 7) is 0. The van der Waals surface area contributed by atoms with Gasteiger partial charge in [0.2, 0.25) is 0 Å². The van der Waals surface area contributed by atoms with E-state index in [1.807, 2.05) is 0 Å². The van der Waals surface area contributed by atoms with Crippen LogP contribution >= 0.6 is 0 Å². The number of hydrogen-bond acceptors (Lipinski definition) is 4. The number of carbonyl (C=O) groups excluding carboxylic acids is 1. The van der Waals surface area contributed by atoms with E-state index in [2.05, 4.69) is 0 Å². The molecule has 0 spiro atoms. The fraction of sp³-hybridized carbons (Fsp3) is 0.111. The molecule has 0 radical (unpaired) electrons. The molecule has 0 aromatic heterocycles. The smallest absolute Gasteiger partial charge is 0.336 e. The zero-order chi connectivity index (χ0) is 10.7. The van der Waals surface area contributed by atoms with Gasteiger partial charge in [-0.15, -0.1) is 0 Å². The number of phenolic OH excluding ortho intramolecular Hbond substituents is 1. The monoisotopic (exact) mass is 196 g/mol. The molecule has 0 atom stereocenters. The number of aromatic carboxylic acids is 1. The first-order chi connectivity index (χ1) is 6.61. The minimum atomic E-state index is -1.27. The Labute approximate surface area is 79.6 Å². The van der Waals surface area contributed by atoms with Crippen molar-refractivity contribution in [2.45, 2.75) is 0 Å². The number of benzene rings is 1. The second kappa shape index (κ2) is 3.78. The van der Waals surface area contributed by atoms with Gasteiger partial charge in [-0.3, -0.25) is 4.79 Å². The van der Waals surface area contributed by atoms with Gasteiger partial charge in [0.1, 0.15) is 0 Å². The summed E-state index contributed by atoms with van der Waals surface area (Å²) in [6, 6.07) is 2.48. The van der Waals surface area contributed by atoms with Crippen LogP contribution in [0.1, 0.15) is 20.7 Å². The van der Waals surface area contributed by atoms with Crippen LogP contribution in [0.5, 0.6) is 11.5 Å². The second-order valence-electron chi connectivity index (χ2n) is 2.50. The van der Waals surface area contributed by atoms with Gasteiger partial charge < -0.3 is 14.9 Å². The van der Waals surface area contributed by atoms with Gasteiger partial charge in [-0.05, 0) is 12.1 Å². The molecular formula is C9H8O5. The number of phenols is 1. The van der Waals surface area contributed by atoms with Crippen LogP contribution in [0, 0.1) is 0 Å². The van der Waals surface area contributed by atoms with Crippen molar-refractivity contribution < 1.29 is 24.5 Å². The predicted molar refractivity (Wildman–Crippen MR) is 47.0 cm³/mol. The van der Waals surface area contributed by atoms with E-state index < -0.39 is 11.7 Å². The fourth-order valence-corrected chi connectivity index (χ4v) is 1.06. The Hall–Kier alpha value is -2.04. The molecular weight excluding hydrogens is 188 g/mol. The highest BCUT2D eigenvalue weighted by Gasteiger charge is 2.16. The topological polar surface area (TPSA) is 83.8 Å². The van der Waals surface area contributed by atoms with E-state index in [-0.39, 0.29) is 23.2 Å². The molecule has 5 heteroatoms. The van der Waals surface area contributed by atoms with Crippen molar-refractivity contribution >= 4 is 12.3 Å². The third-order valence-electron chi connectivity index (χ3n) is 1.75. The van der Waals surface area contributed by atoms with Crippen molar-refractivity contribution in [2.24, 2.45) is 0 Å². The molecule has 1 rings (SSSR count). The number of carboxylic acids is 1. The summed E-state index contributed by atoms with van der Waals surface area (Å²) < 4.78 is 4.72. The molecule has 0 saturated carbocycles. The van der Waals surface area contributed by atoms with Gasteiger partial charge in [-0.1, -0.05) is 0 Å². The number of ether oxygens (including phenoxy) is 1. The molecule has 0 aliphatic heterocycles. The summed E-state index contributed by atoms with van der Waals surface area (Å²) in [5, 5.41) is 18.1. The van der Waals surface area contributed by atoms with E-state index in [0.717, 1.165) is 0 Å². The van der Waals surface area contributed by atoms with Gasteiger partial charge in [0.05, 0.1) is 18.2 Å². The molecule has 0 heterocycles. The molecule has 1 aromatic rings. The number of carbonyl (C=O) groups is 2. The standard InChI is InChI=1S/C9H8O5/c1-14-7-3-2-5(9(12)13)6(4-10)8(7)11/h2-4,11H,1H3,(H,12,13). The lowest BCUT2D eigenvalue weighted by Gasteiger charge is -2.06. The highest BCUT2D eigenvalue weighted by atomic mass is 16.5. The van der Waals surface area contributed by atoms with Crippen molar-refractivity contribution in [2.75, 3.05) is 7.11 Å². The molecule has 5 nitrogen and oxygen atoms in total. The average molecular weight is 196 g/mol. The van der Waals surface area contributed by atoms with E-state index in [4.69, 9.17) is 9.84 Å². The molecule has 0 amide bonds. The summed E-state index contributed by atoms with van der Waals surface area (Å²) in [7, 11) is 1.31. The molecule has 2 N–H and O–H groups in total. The Morgan fingerprint density at radius 2 is 2.14 bits per heavy atom. The number of carboxylic acid groups (broad SMARTS) is 1. The lowest BCUT2D eigenvalue weighted by atomic mass is 10.1. The Morgan fingerprint density at radius 3 is 2.57 bits per heavy atom. The SMILES string of the molecule is COc1ccc(C(=O)O)c(C=O)c1O. The zero-order valence-electron chi connectivity index (χ0n) is 7.35. The maximum absolute atomic E-state index is 10.6. The lowest BCUT2D eigenvalue weighted by Crippen LogP contribution is -2.02. The van der Waals surface area contributed by atoms with Gasteiger partial charge in [0.15, 0.2) is 17.8 Å². The second-order valence-corrected chi connectivity index (χ2v) is 2.50. The van der Waals surface area contributed by atoms with E-state index in [1.165, 1.54) is 19.2 Å². The van der Waals surface area contributed by atoms with Crippen LogP contribution in [0.4, 0.5) is 0 Å². The molecule has 0 fully saturated rings. The number of aldehydes is 1. The molecule has 1 aromatic carbocycles. The van der Waals surface area contributed by atoms with Crippen molar-refractivity contribution in [3.8, 4) is 11.5 Å². The highest BCUT2D eigenvalue weighted by molar-refractivity contribution is 5.99. The third kappa shape index (κ3) is 1.52. The largest absolute Gasteiger partial charge is 0.504 e. The summed E-state index contributed by atoms with van der Waals surface area (Å²) in [4.78, 5) is 21.2. The summed E-state index contributed by atoms with van der Waals surface area (Å²) in [5.41, 5.74) is -0.532. The van der Waals surface area contributed by atoms with Gasteiger partial charge in [-0.2, -0.15) is 0 Å². The van der Waals surface area contributed by atoms with Gasteiger partial charge in [0.25, 0.3) is 0 Å². The minimum absolute atomic E-state index is 0.0668. The first-order valence-corrected chi connectivity index (χ1v) is 3.70. The third-order valence-corrected chi connectivity index (χ3v) is 1.75. The van der Waals surface area contributed by atoms with Crippen LogP contribution < -0.4 is 4.74 Å². The molecule has 0 bridgehead atoms. The van der Waals surface area contributed by atoms with Crippen LogP contribution in [0.3, 0.4) is 0 Å². The number of hydrogen-bond donors (Lipinski definition) is 2. The fourth-order valence-electron chi connectivity index (χ4n) is 1.06. The van der Waals surface area contributed by atoms with Crippen molar-refractivity contribution in [3.63, 3.8) is 0 Å². The van der Waals surface area contributed by atoms with Crippen molar-refractivity contribution in [1.29, 1.82) is 0 Å². The van der Waals surface area contributed by atoms with Gasteiger partial charge >= 0.3 is 5.97 Å². The normalized spacial score (nSPS) is 9.50. The highest BCUT2D eigenvalue weighted by Crippen LogP contribution is 2.30. The van der Waals surface area contributed by atoms with Crippen LogP contribution in [0.15, 0.2) is 12.1 Å². The van der Waals surface area contributed by atoms with E-state index in [9.17, 15) is 14.7 Å². The van der Waals surface area contributed by atoms with Gasteiger partial charge in [-0.25, -0.2) is 4.79 Å². The van der Waals surface area contributed by atoms with Gasteiger partial charge in [0, 0.05) is 0 Å². The Kier molecular flexibility index (Phi) is 2.71. The Morgan fingerprint density at radius 1 is 1.50 bits per heavy atom. The predicted octanol–water partition coefficient (Wildman–Crippen LogP) is 0.911. The minimum Gasteiger partial charge on any atom is -0.504 e. The van der Waals surface area contributed by atoms with Crippen LogP contribution in [0.2, 0.25) is 0 Å². The first-order valence-electron chi connectivity index (χ1n) is 3.70. The zero-order valence-corrected chi connectivity index (χ0v) is 7.35. The van der Waals surface area contributed by atoms with E-state index in [1.54, 1.807) is 0 Å². The summed E-state index contributed by atoms with van der Waals surface area (Å²) in [6.07, 6.45) is 0.279. The Bertz CT molecular complexity index is 383. The average Bonchev–Trinajstić information content (AvgIpc) is 2.17. The molecule has 0 aliphatic rings. The quantitative estimate of drug-likeness (QED) is 0.702. The molecule has 74 valence electrons. The number of aromatic hydroxyl groups is 1. The molecule has 14 heavy (non-hydrogen) atoms. The molecule has 0 aliphatic carbocycles. The maximum Gasteiger partial charge on any atom is 0.336 e. The maximum atomic E-state index is 10.6. The summed E-state index contributed by atoms with van der Waals surface area (Å²) >= 11 is 0. The summed E-state index contributed by atoms with van der Waals surface area (Å²) in [5.74, 6) is -1.66. The van der Waals surface area contributed by atoms with Crippen molar-refractivity contribution in [1.82, 2.24) is 0 Å². The lowest BCUT2D eigenvalue weighted by molar-refractivity contribution is 0.0693. The molecule has 0 unspecified atom stereocenters. The van der Waals surface area contributed by atoms with Crippen LogP contribution in [-0.2, 0) is 0 Å². The number of rotatable bonds is 3. The van der Waals surface area contributed by atoms with Crippen LogP contribution in [0.25, 0.3) is 0 Å². The van der Waals surface area contributed by atoms with Crippen molar-refractivity contribution in [3.05, 3.63) is 23.3 Å². The first kappa shape index (κ1) is 10.0. The Balaban J connectivity index is 3.43. The van der Waals surface area contributed by atoms with E-state index >= 15 is 0 Å². The van der Waals surface area contributed by atoms with Crippen LogP contribution in [-0.4, -0.2) is 29.6 Å². The molecule has 0 saturated heterocycles.